The average Bonchev–Trinajstić information content (AvgIpc) is 2.33. The number of hydrogen-bond donors (Lipinski definition) is 1. The van der Waals surface area contributed by atoms with E-state index in [9.17, 15) is 0 Å². The van der Waals surface area contributed by atoms with Gasteiger partial charge in [-0.25, -0.2) is 0 Å². The van der Waals surface area contributed by atoms with Gasteiger partial charge in [-0.15, -0.1) is 12.4 Å². The molecule has 0 aliphatic heterocycles. The minimum absolute atomic E-state index is 0. The Kier molecular flexibility index (Phi) is 5.29. The molecular weight excluding hydrogens is 257 g/mol. The molecule has 0 aromatic heterocycles. The highest BCUT2D eigenvalue weighted by atomic mass is 35.5. The lowest BCUT2D eigenvalue weighted by molar-refractivity contribution is 0.482. The monoisotopic (exact) mass is 269 g/mol. The smallest absolute Gasteiger partial charge is 0.146 e. The second-order valence-electron chi connectivity index (χ2n) is 3.38. The van der Waals surface area contributed by atoms with Crippen LogP contribution in [0.5, 0.6) is 11.5 Å². The molecule has 0 aliphatic carbocycles. The molecule has 0 atom stereocenters. The number of ether oxygens (including phenoxy) is 1. The van der Waals surface area contributed by atoms with Crippen molar-refractivity contribution in [2.45, 2.75) is 6.54 Å². The van der Waals surface area contributed by atoms with Crippen LogP contribution in [0.2, 0.25) is 5.02 Å². The van der Waals surface area contributed by atoms with Crippen LogP contribution in [-0.4, -0.2) is 0 Å². The van der Waals surface area contributed by atoms with Crippen molar-refractivity contribution in [3.63, 3.8) is 0 Å². The topological polar surface area (TPSA) is 35.2 Å². The van der Waals surface area contributed by atoms with E-state index in [1.165, 1.54) is 0 Å². The quantitative estimate of drug-likeness (QED) is 0.914. The van der Waals surface area contributed by atoms with Crippen LogP contribution < -0.4 is 10.5 Å². The van der Waals surface area contributed by atoms with Gasteiger partial charge in [-0.05, 0) is 29.8 Å². The first-order chi connectivity index (χ1) is 7.79. The van der Waals surface area contributed by atoms with Crippen molar-refractivity contribution < 1.29 is 4.74 Å². The SMILES string of the molecule is Cl.NCc1ccc(Oc2ccccc2Cl)cc1. The number of para-hydroxylation sites is 1. The Morgan fingerprint density at radius 2 is 1.65 bits per heavy atom. The standard InChI is InChI=1S/C13H12ClNO.ClH/c14-12-3-1-2-4-13(12)16-11-7-5-10(9-15)6-8-11;/h1-8H,9,15H2;1H. The molecule has 0 saturated carbocycles. The van der Waals surface area contributed by atoms with Gasteiger partial charge in [-0.3, -0.25) is 0 Å². The van der Waals surface area contributed by atoms with E-state index in [-0.39, 0.29) is 12.4 Å². The Hall–Kier alpha value is -1.22. The fourth-order valence-electron chi connectivity index (χ4n) is 1.35. The summed E-state index contributed by atoms with van der Waals surface area (Å²) in [6.45, 7) is 0.534. The molecule has 17 heavy (non-hydrogen) atoms. The lowest BCUT2D eigenvalue weighted by atomic mass is 10.2. The summed E-state index contributed by atoms with van der Waals surface area (Å²) in [6.07, 6.45) is 0. The fourth-order valence-corrected chi connectivity index (χ4v) is 1.52. The van der Waals surface area contributed by atoms with Crippen molar-refractivity contribution >= 4 is 24.0 Å². The fraction of sp³-hybridized carbons (Fsp3) is 0.0769. The first-order valence-electron chi connectivity index (χ1n) is 5.01. The Bertz CT molecular complexity index is 471. The summed E-state index contributed by atoms with van der Waals surface area (Å²) in [6, 6.07) is 15.0. The van der Waals surface area contributed by atoms with Gasteiger partial charge in [0.05, 0.1) is 5.02 Å². The second kappa shape index (κ2) is 6.50. The normalized spacial score (nSPS) is 9.53. The Labute approximate surface area is 112 Å². The summed E-state index contributed by atoms with van der Waals surface area (Å²) in [4.78, 5) is 0. The van der Waals surface area contributed by atoms with Crippen LogP contribution in [0, 0.1) is 0 Å². The third kappa shape index (κ3) is 3.63. The van der Waals surface area contributed by atoms with Gasteiger partial charge in [0.15, 0.2) is 0 Å². The van der Waals surface area contributed by atoms with Crippen LogP contribution in [0.25, 0.3) is 0 Å². The van der Waals surface area contributed by atoms with Crippen molar-refractivity contribution in [2.75, 3.05) is 0 Å². The predicted octanol–water partition coefficient (Wildman–Crippen LogP) is 4.01. The van der Waals surface area contributed by atoms with E-state index in [1.807, 2.05) is 42.5 Å². The molecule has 0 aliphatic rings. The number of halogens is 2. The number of nitrogens with two attached hydrogens (primary N) is 1. The zero-order valence-electron chi connectivity index (χ0n) is 9.10. The van der Waals surface area contributed by atoms with Gasteiger partial charge in [0.25, 0.3) is 0 Å². The van der Waals surface area contributed by atoms with Crippen molar-refractivity contribution in [3.8, 4) is 11.5 Å². The molecule has 0 fully saturated rings. The predicted molar refractivity (Wildman–Crippen MR) is 73.1 cm³/mol. The summed E-state index contributed by atoms with van der Waals surface area (Å²) in [5.74, 6) is 1.41. The lowest BCUT2D eigenvalue weighted by Gasteiger charge is -2.07. The molecule has 2 aromatic rings. The Morgan fingerprint density at radius 1 is 1.00 bits per heavy atom. The van der Waals surface area contributed by atoms with Crippen LogP contribution in [0.4, 0.5) is 0 Å². The highest BCUT2D eigenvalue weighted by Gasteiger charge is 2.01. The third-order valence-electron chi connectivity index (χ3n) is 2.22. The highest BCUT2D eigenvalue weighted by molar-refractivity contribution is 6.32. The van der Waals surface area contributed by atoms with Crippen LogP contribution in [0.15, 0.2) is 48.5 Å². The molecule has 0 heterocycles. The number of hydrogen-bond acceptors (Lipinski definition) is 2. The average molecular weight is 270 g/mol. The molecular formula is C13H13Cl2NO. The largest absolute Gasteiger partial charge is 0.456 e. The Balaban J connectivity index is 0.00000144. The maximum absolute atomic E-state index is 5.99. The Morgan fingerprint density at radius 3 is 2.24 bits per heavy atom. The molecule has 0 bridgehead atoms. The minimum Gasteiger partial charge on any atom is -0.456 e. The van der Waals surface area contributed by atoms with Crippen LogP contribution in [0.3, 0.4) is 0 Å². The molecule has 0 spiro atoms. The van der Waals surface area contributed by atoms with E-state index in [4.69, 9.17) is 22.1 Å². The van der Waals surface area contributed by atoms with Gasteiger partial charge < -0.3 is 10.5 Å². The van der Waals surface area contributed by atoms with Crippen LogP contribution >= 0.6 is 24.0 Å². The zero-order chi connectivity index (χ0) is 11.4. The molecule has 0 saturated heterocycles. The van der Waals surface area contributed by atoms with Gasteiger partial charge in [-0.1, -0.05) is 35.9 Å². The second-order valence-corrected chi connectivity index (χ2v) is 3.79. The molecule has 2 nitrogen and oxygen atoms in total. The molecule has 0 radical (unpaired) electrons. The summed E-state index contributed by atoms with van der Waals surface area (Å²) in [7, 11) is 0. The van der Waals surface area contributed by atoms with Gasteiger partial charge in [0, 0.05) is 6.54 Å². The van der Waals surface area contributed by atoms with Crippen molar-refractivity contribution in [2.24, 2.45) is 5.73 Å². The molecule has 2 N–H and O–H groups in total. The lowest BCUT2D eigenvalue weighted by Crippen LogP contribution is -1.95. The van der Waals surface area contributed by atoms with E-state index in [0.717, 1.165) is 11.3 Å². The maximum atomic E-state index is 5.99. The van der Waals surface area contributed by atoms with Crippen molar-refractivity contribution in [1.29, 1.82) is 0 Å². The minimum atomic E-state index is 0. The first kappa shape index (κ1) is 13.8. The summed E-state index contributed by atoms with van der Waals surface area (Å²) in [5, 5.41) is 0.602. The maximum Gasteiger partial charge on any atom is 0.146 e. The van der Waals surface area contributed by atoms with Gasteiger partial charge in [0.1, 0.15) is 11.5 Å². The summed E-state index contributed by atoms with van der Waals surface area (Å²) < 4.78 is 5.64. The van der Waals surface area contributed by atoms with Gasteiger partial charge >= 0.3 is 0 Å². The number of rotatable bonds is 3. The van der Waals surface area contributed by atoms with E-state index in [1.54, 1.807) is 6.07 Å². The van der Waals surface area contributed by atoms with Crippen molar-refractivity contribution in [3.05, 3.63) is 59.1 Å². The first-order valence-corrected chi connectivity index (χ1v) is 5.39. The van der Waals surface area contributed by atoms with Gasteiger partial charge in [0.2, 0.25) is 0 Å². The third-order valence-corrected chi connectivity index (χ3v) is 2.54. The summed E-state index contributed by atoms with van der Waals surface area (Å²) >= 11 is 5.99. The van der Waals surface area contributed by atoms with Crippen LogP contribution in [0.1, 0.15) is 5.56 Å². The van der Waals surface area contributed by atoms with E-state index < -0.39 is 0 Å². The molecule has 0 unspecified atom stereocenters. The highest BCUT2D eigenvalue weighted by Crippen LogP contribution is 2.28. The molecule has 90 valence electrons. The molecule has 4 heteroatoms. The van der Waals surface area contributed by atoms with Gasteiger partial charge in [-0.2, -0.15) is 0 Å². The van der Waals surface area contributed by atoms with Crippen LogP contribution in [-0.2, 0) is 6.54 Å². The van der Waals surface area contributed by atoms with E-state index in [0.29, 0.717) is 17.3 Å². The van der Waals surface area contributed by atoms with E-state index >= 15 is 0 Å². The number of benzene rings is 2. The molecule has 2 rings (SSSR count). The molecule has 2 aromatic carbocycles. The van der Waals surface area contributed by atoms with E-state index in [2.05, 4.69) is 0 Å². The summed E-state index contributed by atoms with van der Waals surface area (Å²) in [5.41, 5.74) is 6.59. The molecule has 0 amide bonds. The zero-order valence-corrected chi connectivity index (χ0v) is 10.7. The van der Waals surface area contributed by atoms with Crippen molar-refractivity contribution in [1.82, 2.24) is 0 Å².